The van der Waals surface area contributed by atoms with E-state index in [0.717, 1.165) is 12.1 Å². The molecule has 0 radical (unpaired) electrons. The van der Waals surface area contributed by atoms with Gasteiger partial charge < -0.3 is 20.4 Å². The van der Waals surface area contributed by atoms with Crippen LogP contribution in [0.5, 0.6) is 0 Å². The second kappa shape index (κ2) is 8.81. The number of hydrogen-bond acceptors (Lipinski definition) is 4. The van der Waals surface area contributed by atoms with Crippen molar-refractivity contribution in [2.45, 2.75) is 6.54 Å². The van der Waals surface area contributed by atoms with E-state index in [1.165, 1.54) is 6.26 Å². The van der Waals surface area contributed by atoms with Crippen molar-refractivity contribution in [3.63, 3.8) is 0 Å². The maximum Gasteiger partial charge on any atom is 0.253 e. The number of benzene rings is 2. The Kier molecular flexibility index (Phi) is 6.01. The van der Waals surface area contributed by atoms with E-state index in [-0.39, 0.29) is 24.7 Å². The lowest BCUT2D eigenvalue weighted by atomic mass is 10.1. The molecule has 8 heteroatoms. The van der Waals surface area contributed by atoms with Gasteiger partial charge in [-0.2, -0.15) is 0 Å². The van der Waals surface area contributed by atoms with Gasteiger partial charge in [-0.25, -0.2) is 8.78 Å². The molecule has 3 aromatic rings. The van der Waals surface area contributed by atoms with Crippen molar-refractivity contribution in [3.8, 4) is 0 Å². The maximum atomic E-state index is 13.2. The highest BCUT2D eigenvalue weighted by atomic mass is 19.1. The van der Waals surface area contributed by atoms with Crippen molar-refractivity contribution >= 4 is 23.2 Å². The van der Waals surface area contributed by atoms with E-state index in [0.29, 0.717) is 23.1 Å². The number of carbonyl (C=O) groups is 2. The van der Waals surface area contributed by atoms with Crippen LogP contribution in [-0.4, -0.2) is 18.4 Å². The third-order valence-electron chi connectivity index (χ3n) is 3.76. The van der Waals surface area contributed by atoms with Gasteiger partial charge >= 0.3 is 0 Å². The molecule has 0 aliphatic rings. The standard InChI is InChI=1S/C20H17F2N3O3/c21-13-8-14(22)10-15(9-13)25-19(26)12-23-18-6-2-1-5-17(18)20(27)24-11-16-4-3-7-28-16/h1-10,23H,11-12H2,(H,24,27)(H,25,26). The SMILES string of the molecule is O=C(CNc1ccccc1C(=O)NCc1ccco1)Nc1cc(F)cc(F)c1. The number of hydrogen-bond donors (Lipinski definition) is 3. The van der Waals surface area contributed by atoms with Crippen LogP contribution in [0.4, 0.5) is 20.2 Å². The zero-order chi connectivity index (χ0) is 19.9. The molecule has 0 saturated heterocycles. The predicted octanol–water partition coefficient (Wildman–Crippen LogP) is 3.54. The molecular formula is C20H17F2N3O3. The molecule has 28 heavy (non-hydrogen) atoms. The molecule has 0 spiro atoms. The maximum absolute atomic E-state index is 13.2. The van der Waals surface area contributed by atoms with Crippen LogP contribution in [0.2, 0.25) is 0 Å². The number of para-hydroxylation sites is 1. The van der Waals surface area contributed by atoms with Gasteiger partial charge in [0.2, 0.25) is 5.91 Å². The summed E-state index contributed by atoms with van der Waals surface area (Å²) in [7, 11) is 0. The van der Waals surface area contributed by atoms with E-state index >= 15 is 0 Å². The van der Waals surface area contributed by atoms with Gasteiger partial charge in [-0.1, -0.05) is 12.1 Å². The Morgan fingerprint density at radius 2 is 1.71 bits per heavy atom. The molecule has 6 nitrogen and oxygen atoms in total. The Morgan fingerprint density at radius 3 is 2.43 bits per heavy atom. The van der Waals surface area contributed by atoms with Crippen LogP contribution in [0.25, 0.3) is 0 Å². The fraction of sp³-hybridized carbons (Fsp3) is 0.100. The van der Waals surface area contributed by atoms with E-state index in [1.54, 1.807) is 36.4 Å². The number of nitrogens with one attached hydrogen (secondary N) is 3. The summed E-state index contributed by atoms with van der Waals surface area (Å²) < 4.78 is 31.5. The third-order valence-corrected chi connectivity index (χ3v) is 3.76. The molecule has 0 fully saturated rings. The van der Waals surface area contributed by atoms with Crippen molar-refractivity contribution in [2.24, 2.45) is 0 Å². The number of halogens is 2. The van der Waals surface area contributed by atoms with E-state index in [4.69, 9.17) is 4.42 Å². The van der Waals surface area contributed by atoms with Crippen molar-refractivity contribution in [2.75, 3.05) is 17.2 Å². The van der Waals surface area contributed by atoms with Crippen LogP contribution in [0.3, 0.4) is 0 Å². The summed E-state index contributed by atoms with van der Waals surface area (Å²) in [6.45, 7) is 0.0341. The summed E-state index contributed by atoms with van der Waals surface area (Å²) in [5.74, 6) is -1.83. The summed E-state index contributed by atoms with van der Waals surface area (Å²) in [6, 6.07) is 12.9. The van der Waals surface area contributed by atoms with E-state index in [2.05, 4.69) is 16.0 Å². The lowest BCUT2D eigenvalue weighted by Crippen LogP contribution is -2.26. The summed E-state index contributed by atoms with van der Waals surface area (Å²) in [6.07, 6.45) is 1.51. The fourth-order valence-electron chi connectivity index (χ4n) is 2.52. The molecule has 0 atom stereocenters. The van der Waals surface area contributed by atoms with Gasteiger partial charge in [-0.15, -0.1) is 0 Å². The highest BCUT2D eigenvalue weighted by Crippen LogP contribution is 2.16. The second-order valence-corrected chi connectivity index (χ2v) is 5.87. The van der Waals surface area contributed by atoms with Gasteiger partial charge in [0.25, 0.3) is 5.91 Å². The Morgan fingerprint density at radius 1 is 0.964 bits per heavy atom. The zero-order valence-corrected chi connectivity index (χ0v) is 14.7. The summed E-state index contributed by atoms with van der Waals surface area (Å²) in [5.41, 5.74) is 0.799. The molecular weight excluding hydrogens is 368 g/mol. The van der Waals surface area contributed by atoms with Gasteiger partial charge in [0.15, 0.2) is 0 Å². The summed E-state index contributed by atoms with van der Waals surface area (Å²) in [4.78, 5) is 24.4. The first-order valence-electron chi connectivity index (χ1n) is 8.40. The molecule has 0 unspecified atom stereocenters. The second-order valence-electron chi connectivity index (χ2n) is 5.87. The number of furan rings is 1. The van der Waals surface area contributed by atoms with Gasteiger partial charge in [0.05, 0.1) is 24.9 Å². The molecule has 1 aromatic heterocycles. The van der Waals surface area contributed by atoms with E-state index < -0.39 is 17.5 Å². The largest absolute Gasteiger partial charge is 0.467 e. The van der Waals surface area contributed by atoms with Gasteiger partial charge in [0.1, 0.15) is 17.4 Å². The lowest BCUT2D eigenvalue weighted by molar-refractivity contribution is -0.114. The molecule has 3 rings (SSSR count). The van der Waals surface area contributed by atoms with Crippen LogP contribution in [0, 0.1) is 11.6 Å². The topological polar surface area (TPSA) is 83.4 Å². The van der Waals surface area contributed by atoms with Crippen molar-refractivity contribution < 1.29 is 22.8 Å². The minimum atomic E-state index is -0.790. The molecule has 1 heterocycles. The highest BCUT2D eigenvalue weighted by Gasteiger charge is 2.12. The molecule has 2 aromatic carbocycles. The molecule has 2 amide bonds. The van der Waals surface area contributed by atoms with Gasteiger partial charge in [-0.05, 0) is 36.4 Å². The quantitative estimate of drug-likeness (QED) is 0.581. The van der Waals surface area contributed by atoms with Crippen molar-refractivity contribution in [1.29, 1.82) is 0 Å². The highest BCUT2D eigenvalue weighted by molar-refractivity contribution is 6.00. The smallest absolute Gasteiger partial charge is 0.253 e. The van der Waals surface area contributed by atoms with Crippen LogP contribution in [0.15, 0.2) is 65.3 Å². The minimum absolute atomic E-state index is 0.00813. The molecule has 0 saturated carbocycles. The van der Waals surface area contributed by atoms with Crippen LogP contribution < -0.4 is 16.0 Å². The first kappa shape index (κ1) is 19.1. The van der Waals surface area contributed by atoms with E-state index in [1.807, 2.05) is 0 Å². The zero-order valence-electron chi connectivity index (χ0n) is 14.7. The summed E-state index contributed by atoms with van der Waals surface area (Å²) in [5, 5.41) is 7.97. The number of carbonyl (C=O) groups excluding carboxylic acids is 2. The Labute approximate surface area is 159 Å². The lowest BCUT2D eigenvalue weighted by Gasteiger charge is -2.12. The van der Waals surface area contributed by atoms with Crippen LogP contribution in [0.1, 0.15) is 16.1 Å². The molecule has 3 N–H and O–H groups in total. The molecule has 0 aliphatic heterocycles. The first-order valence-corrected chi connectivity index (χ1v) is 8.40. The summed E-state index contributed by atoms with van der Waals surface area (Å²) >= 11 is 0. The predicted molar refractivity (Wildman–Crippen MR) is 99.8 cm³/mol. The third kappa shape index (κ3) is 5.16. The number of anilines is 2. The minimum Gasteiger partial charge on any atom is -0.467 e. The van der Waals surface area contributed by atoms with Crippen LogP contribution >= 0.6 is 0 Å². The first-order chi connectivity index (χ1) is 13.5. The molecule has 144 valence electrons. The van der Waals surface area contributed by atoms with Gasteiger partial charge in [-0.3, -0.25) is 9.59 Å². The Bertz CT molecular complexity index is 954. The van der Waals surface area contributed by atoms with Gasteiger partial charge in [0, 0.05) is 17.4 Å². The Hall–Kier alpha value is -3.68. The average Bonchev–Trinajstić information content (AvgIpc) is 3.17. The monoisotopic (exact) mass is 385 g/mol. The Balaban J connectivity index is 1.59. The normalized spacial score (nSPS) is 10.4. The van der Waals surface area contributed by atoms with Crippen molar-refractivity contribution in [1.82, 2.24) is 5.32 Å². The number of rotatable bonds is 7. The fourth-order valence-corrected chi connectivity index (χ4v) is 2.52. The number of amides is 2. The van der Waals surface area contributed by atoms with Crippen LogP contribution in [-0.2, 0) is 11.3 Å². The average molecular weight is 385 g/mol. The van der Waals surface area contributed by atoms with E-state index in [9.17, 15) is 18.4 Å². The molecule has 0 aliphatic carbocycles. The molecule has 0 bridgehead atoms. The van der Waals surface area contributed by atoms with Crippen molar-refractivity contribution in [3.05, 3.63) is 83.8 Å².